The average molecular weight is 397 g/mol. The van der Waals surface area contributed by atoms with Gasteiger partial charge >= 0.3 is 0 Å². The summed E-state index contributed by atoms with van der Waals surface area (Å²) in [6, 6.07) is 15.1. The molecular formula is C23H28FN3O2. The summed E-state index contributed by atoms with van der Waals surface area (Å²) in [6.07, 6.45) is 1.45. The number of hydrogen-bond donors (Lipinski definition) is 2. The molecule has 3 rings (SSSR count). The van der Waals surface area contributed by atoms with Crippen molar-refractivity contribution in [3.05, 3.63) is 66.0 Å². The van der Waals surface area contributed by atoms with Crippen molar-refractivity contribution in [1.29, 1.82) is 0 Å². The lowest BCUT2D eigenvalue weighted by Gasteiger charge is -2.35. The summed E-state index contributed by atoms with van der Waals surface area (Å²) >= 11 is 0. The van der Waals surface area contributed by atoms with Gasteiger partial charge in [-0.05, 0) is 69.6 Å². The number of benzene rings is 2. The Morgan fingerprint density at radius 3 is 2.24 bits per heavy atom. The molecule has 5 nitrogen and oxygen atoms in total. The molecule has 0 bridgehead atoms. The first-order chi connectivity index (χ1) is 13.9. The second-order valence-corrected chi connectivity index (χ2v) is 7.62. The van der Waals surface area contributed by atoms with Crippen molar-refractivity contribution in [2.45, 2.75) is 38.8 Å². The number of carbonyl (C=O) groups is 2. The number of para-hydroxylation sites is 1. The van der Waals surface area contributed by atoms with Crippen LogP contribution < -0.4 is 10.6 Å². The van der Waals surface area contributed by atoms with E-state index < -0.39 is 0 Å². The number of halogens is 1. The molecular weight excluding hydrogens is 369 g/mol. The summed E-state index contributed by atoms with van der Waals surface area (Å²) in [5.74, 6) is -0.355. The highest BCUT2D eigenvalue weighted by Crippen LogP contribution is 2.21. The Morgan fingerprint density at radius 1 is 1.00 bits per heavy atom. The van der Waals surface area contributed by atoms with Gasteiger partial charge in [0, 0.05) is 11.6 Å². The molecule has 2 aromatic rings. The van der Waals surface area contributed by atoms with Gasteiger partial charge in [-0.25, -0.2) is 4.39 Å². The molecule has 6 heteroatoms. The highest BCUT2D eigenvalue weighted by atomic mass is 19.1. The fraction of sp³-hybridized carbons (Fsp3) is 0.391. The summed E-state index contributed by atoms with van der Waals surface area (Å²) in [6.45, 7) is 5.17. The van der Waals surface area contributed by atoms with Gasteiger partial charge in [-0.1, -0.05) is 30.3 Å². The second-order valence-electron chi connectivity index (χ2n) is 7.62. The van der Waals surface area contributed by atoms with Crippen LogP contribution in [-0.4, -0.2) is 35.8 Å². The van der Waals surface area contributed by atoms with Gasteiger partial charge in [0.15, 0.2) is 0 Å². The van der Waals surface area contributed by atoms with Crippen LogP contribution in [0.3, 0.4) is 0 Å². The van der Waals surface area contributed by atoms with Crippen LogP contribution >= 0.6 is 0 Å². The first kappa shape index (κ1) is 21.0. The summed E-state index contributed by atoms with van der Waals surface area (Å²) in [4.78, 5) is 27.2. The normalized spacial score (nSPS) is 17.3. The second kappa shape index (κ2) is 9.65. The number of anilines is 1. The Labute approximate surface area is 171 Å². The minimum atomic E-state index is -0.292. The van der Waals surface area contributed by atoms with Crippen LogP contribution in [0.1, 0.15) is 38.3 Å². The molecule has 2 amide bonds. The maximum Gasteiger partial charge on any atom is 0.237 e. The molecule has 2 N–H and O–H groups in total. The van der Waals surface area contributed by atoms with Crippen molar-refractivity contribution in [2.24, 2.45) is 5.92 Å². The van der Waals surface area contributed by atoms with Crippen molar-refractivity contribution in [3.63, 3.8) is 0 Å². The molecule has 29 heavy (non-hydrogen) atoms. The zero-order valence-corrected chi connectivity index (χ0v) is 16.9. The molecule has 2 aromatic carbocycles. The van der Waals surface area contributed by atoms with E-state index in [9.17, 15) is 14.0 Å². The smallest absolute Gasteiger partial charge is 0.237 e. The lowest BCUT2D eigenvalue weighted by Crippen LogP contribution is -2.49. The van der Waals surface area contributed by atoms with Crippen LogP contribution in [0, 0.1) is 11.7 Å². The number of amides is 2. The van der Waals surface area contributed by atoms with Gasteiger partial charge in [-0.15, -0.1) is 0 Å². The monoisotopic (exact) mass is 397 g/mol. The van der Waals surface area contributed by atoms with Gasteiger partial charge in [-0.2, -0.15) is 0 Å². The number of nitrogens with one attached hydrogen (secondary N) is 2. The fourth-order valence-electron chi connectivity index (χ4n) is 3.65. The minimum absolute atomic E-state index is 0.0397. The molecule has 1 fully saturated rings. The Hall–Kier alpha value is -2.73. The molecule has 2 atom stereocenters. The van der Waals surface area contributed by atoms with Crippen molar-refractivity contribution in [3.8, 4) is 0 Å². The van der Waals surface area contributed by atoms with E-state index in [1.165, 1.54) is 12.1 Å². The maximum absolute atomic E-state index is 13.1. The van der Waals surface area contributed by atoms with Crippen molar-refractivity contribution in [2.75, 3.05) is 18.4 Å². The molecule has 1 aliphatic heterocycles. The highest BCUT2D eigenvalue weighted by molar-refractivity contribution is 5.92. The SMILES string of the molecule is C[C@@H](NC(=O)[C@H](C)N1CCC(C(=O)Nc2ccccc2)CC1)c1ccc(F)cc1. The molecule has 0 aromatic heterocycles. The quantitative estimate of drug-likeness (QED) is 0.781. The summed E-state index contributed by atoms with van der Waals surface area (Å²) in [5.41, 5.74) is 1.67. The van der Waals surface area contributed by atoms with Crippen molar-refractivity contribution in [1.82, 2.24) is 10.2 Å². The van der Waals surface area contributed by atoms with Crippen LogP contribution in [-0.2, 0) is 9.59 Å². The summed E-state index contributed by atoms with van der Waals surface area (Å²) in [5, 5.41) is 5.96. The van der Waals surface area contributed by atoms with Crippen molar-refractivity contribution < 1.29 is 14.0 Å². The largest absolute Gasteiger partial charge is 0.348 e. The van der Waals surface area contributed by atoms with Crippen LogP contribution in [0.4, 0.5) is 10.1 Å². The lowest BCUT2D eigenvalue weighted by molar-refractivity contribution is -0.127. The number of nitrogens with zero attached hydrogens (tertiary/aromatic N) is 1. The van der Waals surface area contributed by atoms with E-state index in [-0.39, 0.29) is 35.6 Å². The van der Waals surface area contributed by atoms with E-state index in [0.29, 0.717) is 13.1 Å². The van der Waals surface area contributed by atoms with Gasteiger partial charge < -0.3 is 10.6 Å². The molecule has 0 unspecified atom stereocenters. The third-order valence-electron chi connectivity index (χ3n) is 5.60. The van der Waals surface area contributed by atoms with E-state index in [1.54, 1.807) is 12.1 Å². The maximum atomic E-state index is 13.1. The predicted octanol–water partition coefficient (Wildman–Crippen LogP) is 3.74. The topological polar surface area (TPSA) is 61.4 Å². The lowest BCUT2D eigenvalue weighted by atomic mass is 9.94. The summed E-state index contributed by atoms with van der Waals surface area (Å²) < 4.78 is 13.1. The minimum Gasteiger partial charge on any atom is -0.348 e. The third kappa shape index (κ3) is 5.64. The first-order valence-corrected chi connectivity index (χ1v) is 10.1. The van der Waals surface area contributed by atoms with Crippen LogP contribution in [0.15, 0.2) is 54.6 Å². The van der Waals surface area contributed by atoms with E-state index >= 15 is 0 Å². The molecule has 0 radical (unpaired) electrons. The molecule has 154 valence electrons. The van der Waals surface area contributed by atoms with Crippen LogP contribution in [0.2, 0.25) is 0 Å². The molecule has 1 aliphatic rings. The van der Waals surface area contributed by atoms with Gasteiger partial charge in [0.2, 0.25) is 11.8 Å². The Balaban J connectivity index is 1.47. The zero-order valence-electron chi connectivity index (χ0n) is 16.9. The molecule has 0 saturated carbocycles. The van der Waals surface area contributed by atoms with E-state index in [2.05, 4.69) is 15.5 Å². The number of rotatable bonds is 6. The number of piperidine rings is 1. The Morgan fingerprint density at radius 2 is 1.62 bits per heavy atom. The van der Waals surface area contributed by atoms with Gasteiger partial charge in [0.05, 0.1) is 12.1 Å². The Kier molecular flexibility index (Phi) is 6.99. The number of hydrogen-bond acceptors (Lipinski definition) is 3. The van der Waals surface area contributed by atoms with E-state index in [0.717, 1.165) is 24.1 Å². The van der Waals surface area contributed by atoms with Crippen LogP contribution in [0.5, 0.6) is 0 Å². The zero-order chi connectivity index (χ0) is 20.8. The summed E-state index contributed by atoms with van der Waals surface area (Å²) in [7, 11) is 0. The average Bonchev–Trinajstić information content (AvgIpc) is 2.74. The molecule has 0 aliphatic carbocycles. The molecule has 1 heterocycles. The van der Waals surface area contributed by atoms with E-state index in [4.69, 9.17) is 0 Å². The van der Waals surface area contributed by atoms with Gasteiger partial charge in [0.25, 0.3) is 0 Å². The predicted molar refractivity (Wildman–Crippen MR) is 112 cm³/mol. The number of carbonyl (C=O) groups excluding carboxylic acids is 2. The molecule has 0 spiro atoms. The van der Waals surface area contributed by atoms with Crippen molar-refractivity contribution >= 4 is 17.5 Å². The first-order valence-electron chi connectivity index (χ1n) is 10.1. The molecule has 1 saturated heterocycles. The fourth-order valence-corrected chi connectivity index (χ4v) is 3.65. The number of likely N-dealkylation sites (tertiary alicyclic amines) is 1. The van der Waals surface area contributed by atoms with Crippen LogP contribution in [0.25, 0.3) is 0 Å². The van der Waals surface area contributed by atoms with Gasteiger partial charge in [0.1, 0.15) is 5.82 Å². The standard InChI is InChI=1S/C23H28FN3O2/c1-16(18-8-10-20(24)11-9-18)25-22(28)17(2)27-14-12-19(13-15-27)23(29)26-21-6-4-3-5-7-21/h3-11,16-17,19H,12-15H2,1-2H3,(H,25,28)(H,26,29)/t16-,17+/m1/s1. The van der Waals surface area contributed by atoms with Gasteiger partial charge in [-0.3, -0.25) is 14.5 Å². The highest BCUT2D eigenvalue weighted by Gasteiger charge is 2.30. The third-order valence-corrected chi connectivity index (χ3v) is 5.60. The Bertz CT molecular complexity index is 818. The van der Waals surface area contributed by atoms with E-state index in [1.807, 2.05) is 44.2 Å².